The Kier molecular flexibility index (Phi) is 6.05. The van der Waals surface area contributed by atoms with Crippen LogP contribution in [-0.2, 0) is 4.79 Å². The summed E-state index contributed by atoms with van der Waals surface area (Å²) in [4.78, 5) is 26.1. The van der Waals surface area contributed by atoms with Crippen LogP contribution < -0.4 is 10.6 Å². The van der Waals surface area contributed by atoms with Gasteiger partial charge in [-0.15, -0.1) is 0 Å². The molecule has 0 saturated carbocycles. The van der Waals surface area contributed by atoms with E-state index in [1.807, 2.05) is 0 Å². The molecular weight excluding hydrogens is 340 g/mol. The first-order chi connectivity index (χ1) is 12.2. The standard InChI is InChI=1S/C19H21F2N3O2/c1-11-5-8-14(22-16(25)10-24(3)4)15(9-11)23-19(26)17-13(20)7-6-12(2)18(17)21/h5-9H,10H2,1-4H3,(H,22,25)(H,23,26). The monoisotopic (exact) mass is 361 g/mol. The Bertz CT molecular complexity index is 851. The Hall–Kier alpha value is -2.80. The molecule has 0 aliphatic carbocycles. The number of aryl methyl sites for hydroxylation is 2. The third-order valence-corrected chi connectivity index (χ3v) is 3.67. The highest BCUT2D eigenvalue weighted by molar-refractivity contribution is 6.07. The maximum Gasteiger partial charge on any atom is 0.261 e. The maximum atomic E-state index is 14.2. The predicted molar refractivity (Wildman–Crippen MR) is 97.4 cm³/mol. The third kappa shape index (κ3) is 4.64. The largest absolute Gasteiger partial charge is 0.323 e. The van der Waals surface area contributed by atoms with Crippen molar-refractivity contribution in [3.05, 3.63) is 58.7 Å². The number of nitrogens with one attached hydrogen (secondary N) is 2. The van der Waals surface area contributed by atoms with Gasteiger partial charge in [-0.1, -0.05) is 12.1 Å². The van der Waals surface area contributed by atoms with Crippen LogP contribution in [0.25, 0.3) is 0 Å². The van der Waals surface area contributed by atoms with E-state index in [1.165, 1.54) is 13.0 Å². The second kappa shape index (κ2) is 8.05. The van der Waals surface area contributed by atoms with Gasteiger partial charge in [0.15, 0.2) is 0 Å². The normalized spacial score (nSPS) is 10.7. The smallest absolute Gasteiger partial charge is 0.261 e. The van der Waals surface area contributed by atoms with Gasteiger partial charge < -0.3 is 15.5 Å². The summed E-state index contributed by atoms with van der Waals surface area (Å²) < 4.78 is 28.1. The van der Waals surface area contributed by atoms with E-state index in [9.17, 15) is 18.4 Å². The molecule has 0 spiro atoms. The van der Waals surface area contributed by atoms with E-state index < -0.39 is 23.1 Å². The van der Waals surface area contributed by atoms with Crippen LogP contribution in [0.3, 0.4) is 0 Å². The van der Waals surface area contributed by atoms with Gasteiger partial charge in [0.05, 0.1) is 17.9 Å². The van der Waals surface area contributed by atoms with Crippen molar-refractivity contribution in [2.45, 2.75) is 13.8 Å². The Morgan fingerprint density at radius 1 is 1.00 bits per heavy atom. The van der Waals surface area contributed by atoms with Gasteiger partial charge in [0.2, 0.25) is 5.91 Å². The highest BCUT2D eigenvalue weighted by atomic mass is 19.1. The van der Waals surface area contributed by atoms with Crippen LogP contribution in [0.2, 0.25) is 0 Å². The van der Waals surface area contributed by atoms with Crippen molar-refractivity contribution < 1.29 is 18.4 Å². The molecule has 2 aromatic rings. The van der Waals surface area contributed by atoms with Crippen molar-refractivity contribution in [3.63, 3.8) is 0 Å². The number of carbonyl (C=O) groups excluding carboxylic acids is 2. The van der Waals surface area contributed by atoms with Gasteiger partial charge in [0.1, 0.15) is 17.2 Å². The zero-order chi connectivity index (χ0) is 19.4. The van der Waals surface area contributed by atoms with Crippen LogP contribution >= 0.6 is 0 Å². The second-order valence-corrected chi connectivity index (χ2v) is 6.34. The number of anilines is 2. The fraction of sp³-hybridized carbons (Fsp3) is 0.263. The van der Waals surface area contributed by atoms with E-state index >= 15 is 0 Å². The average molecular weight is 361 g/mol. The van der Waals surface area contributed by atoms with Crippen molar-refractivity contribution >= 4 is 23.2 Å². The van der Waals surface area contributed by atoms with Crippen LogP contribution in [0.5, 0.6) is 0 Å². The molecule has 138 valence electrons. The highest BCUT2D eigenvalue weighted by Crippen LogP contribution is 2.25. The number of amides is 2. The van der Waals surface area contributed by atoms with Crippen LogP contribution in [0, 0.1) is 25.5 Å². The van der Waals surface area contributed by atoms with E-state index in [-0.39, 0.29) is 23.7 Å². The number of benzene rings is 2. The van der Waals surface area contributed by atoms with Gasteiger partial charge in [-0.3, -0.25) is 9.59 Å². The lowest BCUT2D eigenvalue weighted by Gasteiger charge is -2.15. The molecule has 0 aliphatic rings. The van der Waals surface area contributed by atoms with Gasteiger partial charge in [-0.2, -0.15) is 0 Å². The molecule has 0 unspecified atom stereocenters. The zero-order valence-electron chi connectivity index (χ0n) is 15.1. The summed E-state index contributed by atoms with van der Waals surface area (Å²) in [6.45, 7) is 3.41. The molecule has 2 amide bonds. The quantitative estimate of drug-likeness (QED) is 0.859. The van der Waals surface area contributed by atoms with Crippen LogP contribution in [0.4, 0.5) is 20.2 Å². The second-order valence-electron chi connectivity index (χ2n) is 6.34. The summed E-state index contributed by atoms with van der Waals surface area (Å²) in [5, 5.41) is 5.17. The highest BCUT2D eigenvalue weighted by Gasteiger charge is 2.20. The minimum Gasteiger partial charge on any atom is -0.323 e. The number of carbonyl (C=O) groups is 2. The van der Waals surface area contributed by atoms with Crippen molar-refractivity contribution in [2.24, 2.45) is 0 Å². The summed E-state index contributed by atoms with van der Waals surface area (Å²) in [5.74, 6) is -3.05. The Balaban J connectivity index is 2.32. The molecule has 7 heteroatoms. The van der Waals surface area contributed by atoms with Gasteiger partial charge >= 0.3 is 0 Å². The lowest BCUT2D eigenvalue weighted by Crippen LogP contribution is -2.27. The number of nitrogens with zero attached hydrogens (tertiary/aromatic N) is 1. The maximum absolute atomic E-state index is 14.2. The van der Waals surface area contributed by atoms with E-state index in [2.05, 4.69) is 10.6 Å². The van der Waals surface area contributed by atoms with E-state index in [1.54, 1.807) is 44.1 Å². The molecule has 0 saturated heterocycles. The number of hydrogen-bond donors (Lipinski definition) is 2. The first kappa shape index (κ1) is 19.5. The molecule has 0 aromatic heterocycles. The summed E-state index contributed by atoms with van der Waals surface area (Å²) in [6, 6.07) is 7.31. The number of likely N-dealkylation sites (N-methyl/N-ethyl adjacent to an activating group) is 1. The Labute approximate surface area is 151 Å². The average Bonchev–Trinajstić information content (AvgIpc) is 2.53. The number of rotatable bonds is 5. The summed E-state index contributed by atoms with van der Waals surface area (Å²) in [7, 11) is 3.50. The van der Waals surface area contributed by atoms with E-state index in [0.717, 1.165) is 11.6 Å². The van der Waals surface area contributed by atoms with E-state index in [0.29, 0.717) is 5.69 Å². The zero-order valence-corrected chi connectivity index (χ0v) is 15.1. The molecule has 26 heavy (non-hydrogen) atoms. The molecule has 0 aliphatic heterocycles. The Morgan fingerprint density at radius 3 is 2.35 bits per heavy atom. The molecule has 0 heterocycles. The van der Waals surface area contributed by atoms with Gasteiger partial charge in [-0.25, -0.2) is 8.78 Å². The SMILES string of the molecule is Cc1ccc(NC(=O)CN(C)C)c(NC(=O)c2c(F)ccc(C)c2F)c1. The van der Waals surface area contributed by atoms with Crippen LogP contribution in [0.15, 0.2) is 30.3 Å². The predicted octanol–water partition coefficient (Wildman–Crippen LogP) is 3.33. The lowest BCUT2D eigenvalue weighted by atomic mass is 10.1. The molecule has 5 nitrogen and oxygen atoms in total. The van der Waals surface area contributed by atoms with Crippen LogP contribution in [0.1, 0.15) is 21.5 Å². The summed E-state index contributed by atoms with van der Waals surface area (Å²) in [6.07, 6.45) is 0. The Morgan fingerprint density at radius 2 is 1.69 bits per heavy atom. The fourth-order valence-corrected chi connectivity index (χ4v) is 2.40. The molecule has 2 aromatic carbocycles. The van der Waals surface area contributed by atoms with Crippen molar-refractivity contribution in [1.29, 1.82) is 0 Å². The minimum atomic E-state index is -0.948. The lowest BCUT2D eigenvalue weighted by molar-refractivity contribution is -0.116. The summed E-state index contributed by atoms with van der Waals surface area (Å²) >= 11 is 0. The molecule has 2 N–H and O–H groups in total. The van der Waals surface area contributed by atoms with Gasteiger partial charge in [0.25, 0.3) is 5.91 Å². The molecule has 0 atom stereocenters. The first-order valence-corrected chi connectivity index (χ1v) is 8.00. The molecule has 0 bridgehead atoms. The van der Waals surface area contributed by atoms with Crippen molar-refractivity contribution in [3.8, 4) is 0 Å². The molecule has 2 rings (SSSR count). The number of halogens is 2. The fourth-order valence-electron chi connectivity index (χ4n) is 2.40. The topological polar surface area (TPSA) is 61.4 Å². The first-order valence-electron chi connectivity index (χ1n) is 8.00. The molecule has 0 fully saturated rings. The number of hydrogen-bond acceptors (Lipinski definition) is 3. The van der Waals surface area contributed by atoms with Crippen molar-refractivity contribution in [1.82, 2.24) is 4.90 Å². The molecular formula is C19H21F2N3O2. The molecule has 0 radical (unpaired) electrons. The van der Waals surface area contributed by atoms with Gasteiger partial charge in [0, 0.05) is 0 Å². The van der Waals surface area contributed by atoms with Crippen molar-refractivity contribution in [2.75, 3.05) is 31.3 Å². The van der Waals surface area contributed by atoms with Crippen LogP contribution in [-0.4, -0.2) is 37.4 Å². The van der Waals surface area contributed by atoms with Gasteiger partial charge in [-0.05, 0) is 57.3 Å². The third-order valence-electron chi connectivity index (χ3n) is 3.67. The minimum absolute atomic E-state index is 0.155. The van der Waals surface area contributed by atoms with E-state index in [4.69, 9.17) is 0 Å². The summed E-state index contributed by atoms with van der Waals surface area (Å²) in [5.41, 5.74) is 0.945.